The van der Waals surface area contributed by atoms with E-state index in [0.717, 1.165) is 27.4 Å². The monoisotopic (exact) mass is 425 g/mol. The Hall–Kier alpha value is -3.89. The third kappa shape index (κ3) is 2.62. The summed E-state index contributed by atoms with van der Waals surface area (Å²) in [5.74, 6) is -0.0592. The van der Waals surface area contributed by atoms with Gasteiger partial charge in [0, 0.05) is 16.2 Å². The van der Waals surface area contributed by atoms with E-state index in [9.17, 15) is 10.1 Å². The fourth-order valence-corrected chi connectivity index (χ4v) is 5.35. The molecule has 0 radical (unpaired) electrons. The highest BCUT2D eigenvalue weighted by Gasteiger charge is 2.27. The van der Waals surface area contributed by atoms with Crippen LogP contribution in [0.1, 0.15) is 40.6 Å². The first-order valence-electron chi connectivity index (χ1n) is 9.88. The Bertz CT molecular complexity index is 1520. The molecule has 3 aromatic heterocycles. The number of thiophene rings is 1. The molecule has 0 fully saturated rings. The van der Waals surface area contributed by atoms with Gasteiger partial charge in [-0.2, -0.15) is 5.26 Å². The van der Waals surface area contributed by atoms with Crippen molar-refractivity contribution < 1.29 is 4.79 Å². The van der Waals surface area contributed by atoms with Gasteiger partial charge in [-0.25, -0.2) is 4.98 Å². The number of nitriles is 1. The van der Waals surface area contributed by atoms with Crippen LogP contribution in [-0.2, 0) is 0 Å². The standard InChI is InChI=1S/C24H19N5OS/c1-12(2)18-15(11-25)22(27)28-23-19(18)20(26)21(31-23)24(30)29-16-9-5-3-7-13(16)14-8-4-6-10-17(14)29/h3-10,12H,26H2,1-2H3,(H2,27,28). The molecule has 0 bridgehead atoms. The molecule has 0 aliphatic carbocycles. The molecule has 5 aromatic rings. The number of anilines is 2. The van der Waals surface area contributed by atoms with Crippen LogP contribution in [0.3, 0.4) is 0 Å². The minimum atomic E-state index is -0.218. The van der Waals surface area contributed by atoms with Gasteiger partial charge in [-0.15, -0.1) is 11.3 Å². The predicted octanol–water partition coefficient (Wildman–Crippen LogP) is 5.25. The largest absolute Gasteiger partial charge is 0.397 e. The first-order chi connectivity index (χ1) is 14.9. The SMILES string of the molecule is CC(C)c1c(C#N)c(N)nc2sc(C(=O)n3c4ccccc4c4ccccc43)c(N)c12. The Kier molecular flexibility index (Phi) is 4.20. The second-order valence-corrected chi connectivity index (χ2v) is 8.75. The third-order valence-electron chi connectivity index (χ3n) is 5.61. The molecule has 5 rings (SSSR count). The highest BCUT2D eigenvalue weighted by Crippen LogP contribution is 2.41. The number of fused-ring (bicyclic) bond motifs is 4. The number of para-hydroxylation sites is 2. The first kappa shape index (κ1) is 19.1. The Labute approximate surface area is 182 Å². The topological polar surface area (TPSA) is 111 Å². The minimum Gasteiger partial charge on any atom is -0.397 e. The zero-order chi connectivity index (χ0) is 21.9. The molecule has 2 aromatic carbocycles. The highest BCUT2D eigenvalue weighted by molar-refractivity contribution is 7.21. The summed E-state index contributed by atoms with van der Waals surface area (Å²) < 4.78 is 1.70. The summed E-state index contributed by atoms with van der Waals surface area (Å²) >= 11 is 1.22. The van der Waals surface area contributed by atoms with Gasteiger partial charge < -0.3 is 11.5 Å². The summed E-state index contributed by atoms with van der Waals surface area (Å²) in [5, 5.41) is 12.3. The van der Waals surface area contributed by atoms with Crippen LogP contribution in [0.5, 0.6) is 0 Å². The lowest BCUT2D eigenvalue weighted by molar-refractivity contribution is 0.0974. The quantitative estimate of drug-likeness (QED) is 0.401. The second-order valence-electron chi connectivity index (χ2n) is 7.75. The molecule has 4 N–H and O–H groups in total. The molecule has 31 heavy (non-hydrogen) atoms. The summed E-state index contributed by atoms with van der Waals surface area (Å²) in [6, 6.07) is 17.8. The molecule has 6 nitrogen and oxygen atoms in total. The van der Waals surface area contributed by atoms with E-state index in [4.69, 9.17) is 11.5 Å². The van der Waals surface area contributed by atoms with Gasteiger partial charge >= 0.3 is 0 Å². The van der Waals surface area contributed by atoms with Crippen LogP contribution in [0.2, 0.25) is 0 Å². The maximum atomic E-state index is 13.8. The van der Waals surface area contributed by atoms with Gasteiger partial charge in [0.25, 0.3) is 5.91 Å². The van der Waals surface area contributed by atoms with Crippen molar-refractivity contribution in [3.8, 4) is 6.07 Å². The Balaban J connectivity index is 1.84. The number of benzene rings is 2. The Morgan fingerprint density at radius 2 is 1.65 bits per heavy atom. The number of hydrogen-bond donors (Lipinski definition) is 2. The Morgan fingerprint density at radius 1 is 1.06 bits per heavy atom. The van der Waals surface area contributed by atoms with Crippen molar-refractivity contribution in [1.29, 1.82) is 5.26 Å². The maximum Gasteiger partial charge on any atom is 0.275 e. The molecule has 0 spiro atoms. The van der Waals surface area contributed by atoms with Crippen molar-refractivity contribution in [1.82, 2.24) is 9.55 Å². The summed E-state index contributed by atoms with van der Waals surface area (Å²) in [6.45, 7) is 3.95. The maximum absolute atomic E-state index is 13.8. The zero-order valence-corrected chi connectivity index (χ0v) is 17.8. The molecule has 0 unspecified atom stereocenters. The zero-order valence-electron chi connectivity index (χ0n) is 17.0. The number of pyridine rings is 1. The van der Waals surface area contributed by atoms with Crippen molar-refractivity contribution in [3.63, 3.8) is 0 Å². The third-order valence-corrected chi connectivity index (χ3v) is 6.70. The molecular formula is C24H19N5OS. The number of hydrogen-bond acceptors (Lipinski definition) is 6. The lowest BCUT2D eigenvalue weighted by atomic mass is 9.95. The number of carbonyl (C=O) groups excluding carboxylic acids is 1. The highest BCUT2D eigenvalue weighted by atomic mass is 32.1. The lowest BCUT2D eigenvalue weighted by Gasteiger charge is -2.12. The molecule has 0 amide bonds. The molecule has 0 saturated heterocycles. The van der Waals surface area contributed by atoms with Crippen molar-refractivity contribution >= 4 is 60.8 Å². The van der Waals surface area contributed by atoms with Crippen LogP contribution >= 0.6 is 11.3 Å². The summed E-state index contributed by atoms with van der Waals surface area (Å²) in [6.07, 6.45) is 0. The normalized spacial score (nSPS) is 11.5. The average molecular weight is 426 g/mol. The van der Waals surface area contributed by atoms with E-state index in [-0.39, 0.29) is 17.6 Å². The fraction of sp³-hybridized carbons (Fsp3) is 0.125. The van der Waals surface area contributed by atoms with Gasteiger partial charge in [0.15, 0.2) is 0 Å². The van der Waals surface area contributed by atoms with Crippen LogP contribution in [0.15, 0.2) is 48.5 Å². The van der Waals surface area contributed by atoms with Crippen molar-refractivity contribution in [2.45, 2.75) is 19.8 Å². The minimum absolute atomic E-state index is 0.00413. The molecule has 3 heterocycles. The van der Waals surface area contributed by atoms with Gasteiger partial charge in [-0.05, 0) is 23.6 Å². The molecule has 7 heteroatoms. The number of aromatic nitrogens is 2. The van der Waals surface area contributed by atoms with E-state index in [2.05, 4.69) is 11.1 Å². The van der Waals surface area contributed by atoms with E-state index >= 15 is 0 Å². The van der Waals surface area contributed by atoms with Crippen LogP contribution < -0.4 is 11.5 Å². The number of nitrogens with two attached hydrogens (primary N) is 2. The summed E-state index contributed by atoms with van der Waals surface area (Å²) in [7, 11) is 0. The van der Waals surface area contributed by atoms with Crippen LogP contribution in [0.4, 0.5) is 11.5 Å². The number of carbonyl (C=O) groups is 1. The van der Waals surface area contributed by atoms with Gasteiger partial charge in [0.1, 0.15) is 21.6 Å². The predicted molar refractivity (Wildman–Crippen MR) is 126 cm³/mol. The van der Waals surface area contributed by atoms with Gasteiger partial charge in [0.05, 0.1) is 22.3 Å². The van der Waals surface area contributed by atoms with Gasteiger partial charge in [-0.1, -0.05) is 50.2 Å². The lowest BCUT2D eigenvalue weighted by Crippen LogP contribution is -2.12. The van der Waals surface area contributed by atoms with Crippen molar-refractivity contribution in [2.24, 2.45) is 0 Å². The molecule has 0 saturated carbocycles. The summed E-state index contributed by atoms with van der Waals surface area (Å²) in [4.78, 5) is 19.2. The summed E-state index contributed by atoms with van der Waals surface area (Å²) in [5.41, 5.74) is 15.6. The van der Waals surface area contributed by atoms with E-state index in [1.807, 2.05) is 62.4 Å². The van der Waals surface area contributed by atoms with E-state index in [1.165, 1.54) is 11.3 Å². The van der Waals surface area contributed by atoms with E-state index < -0.39 is 0 Å². The first-order valence-corrected chi connectivity index (χ1v) is 10.7. The second kappa shape index (κ2) is 6.83. The molecule has 0 aliphatic heterocycles. The van der Waals surface area contributed by atoms with Crippen molar-refractivity contribution in [3.05, 3.63) is 64.5 Å². The molecular weight excluding hydrogens is 406 g/mol. The van der Waals surface area contributed by atoms with Crippen molar-refractivity contribution in [2.75, 3.05) is 11.5 Å². The number of nitrogen functional groups attached to an aromatic ring is 2. The number of rotatable bonds is 2. The van der Waals surface area contributed by atoms with Crippen LogP contribution in [0.25, 0.3) is 32.0 Å². The van der Waals surface area contributed by atoms with E-state index in [0.29, 0.717) is 26.3 Å². The average Bonchev–Trinajstić information content (AvgIpc) is 3.27. The van der Waals surface area contributed by atoms with Crippen LogP contribution in [0, 0.1) is 11.3 Å². The fourth-order valence-electron chi connectivity index (χ4n) is 4.30. The van der Waals surface area contributed by atoms with Crippen LogP contribution in [-0.4, -0.2) is 15.5 Å². The van der Waals surface area contributed by atoms with E-state index in [1.54, 1.807) is 4.57 Å². The molecule has 152 valence electrons. The molecule has 0 aliphatic rings. The van der Waals surface area contributed by atoms with Gasteiger partial charge in [0.2, 0.25) is 0 Å². The Morgan fingerprint density at radius 3 is 2.19 bits per heavy atom. The number of nitrogens with zero attached hydrogens (tertiary/aromatic N) is 3. The van der Waals surface area contributed by atoms with Gasteiger partial charge in [-0.3, -0.25) is 9.36 Å². The smallest absolute Gasteiger partial charge is 0.275 e. The molecule has 0 atom stereocenters.